The Morgan fingerprint density at radius 1 is 1.17 bits per heavy atom. The van der Waals surface area contributed by atoms with Gasteiger partial charge in [-0.25, -0.2) is 17.5 Å². The number of amides is 2. The molecule has 0 radical (unpaired) electrons. The van der Waals surface area contributed by atoms with Crippen LogP contribution in [0.3, 0.4) is 0 Å². The van der Waals surface area contributed by atoms with Gasteiger partial charge in [-0.15, -0.1) is 0 Å². The van der Waals surface area contributed by atoms with Gasteiger partial charge in [-0.2, -0.15) is 0 Å². The summed E-state index contributed by atoms with van der Waals surface area (Å²) < 4.78 is 26.1. The highest BCUT2D eigenvalue weighted by atomic mass is 35.5. The summed E-state index contributed by atoms with van der Waals surface area (Å²) >= 11 is 5.88. The van der Waals surface area contributed by atoms with E-state index in [0.717, 1.165) is 9.87 Å². The number of urea groups is 1. The van der Waals surface area contributed by atoms with E-state index in [1.54, 1.807) is 0 Å². The molecular formula is C15H14ClN3O3S. The minimum atomic E-state index is -3.99. The minimum Gasteiger partial charge on any atom is -0.398 e. The molecule has 1 heterocycles. The number of nitrogens with one attached hydrogen (secondary N) is 1. The maximum absolute atomic E-state index is 12.7. The van der Waals surface area contributed by atoms with E-state index in [-0.39, 0.29) is 28.2 Å². The minimum absolute atomic E-state index is 0.0210. The third-order valence-electron chi connectivity index (χ3n) is 3.63. The molecule has 0 aliphatic carbocycles. The Balaban J connectivity index is 1.91. The quantitative estimate of drug-likeness (QED) is 0.830. The van der Waals surface area contributed by atoms with Gasteiger partial charge in [-0.1, -0.05) is 41.9 Å². The first-order valence-electron chi connectivity index (χ1n) is 6.83. The van der Waals surface area contributed by atoms with Crippen LogP contribution >= 0.6 is 11.6 Å². The molecule has 0 bridgehead atoms. The van der Waals surface area contributed by atoms with Crippen LogP contribution in [0, 0.1) is 0 Å². The van der Waals surface area contributed by atoms with Crippen LogP contribution < -0.4 is 11.1 Å². The van der Waals surface area contributed by atoms with Gasteiger partial charge in [0.15, 0.2) is 0 Å². The van der Waals surface area contributed by atoms with E-state index < -0.39 is 16.1 Å². The van der Waals surface area contributed by atoms with Gasteiger partial charge in [0.1, 0.15) is 0 Å². The average Bonchev–Trinajstić information content (AvgIpc) is 2.93. The smallest absolute Gasteiger partial charge is 0.331 e. The van der Waals surface area contributed by atoms with E-state index in [1.807, 2.05) is 30.3 Å². The monoisotopic (exact) mass is 351 g/mol. The first kappa shape index (κ1) is 15.6. The van der Waals surface area contributed by atoms with Crippen molar-refractivity contribution in [1.82, 2.24) is 9.62 Å². The number of anilines is 1. The van der Waals surface area contributed by atoms with E-state index in [1.165, 1.54) is 18.2 Å². The van der Waals surface area contributed by atoms with Gasteiger partial charge in [0.2, 0.25) is 0 Å². The highest BCUT2D eigenvalue weighted by Gasteiger charge is 2.38. The third kappa shape index (κ3) is 2.85. The summed E-state index contributed by atoms with van der Waals surface area (Å²) in [4.78, 5) is 12.0. The molecule has 3 rings (SSSR count). The summed E-state index contributed by atoms with van der Waals surface area (Å²) in [5.41, 5.74) is 6.71. The molecule has 2 amide bonds. The molecule has 2 aromatic carbocycles. The van der Waals surface area contributed by atoms with E-state index >= 15 is 0 Å². The van der Waals surface area contributed by atoms with Gasteiger partial charge in [-0.05, 0) is 23.8 Å². The number of hydrogen-bond acceptors (Lipinski definition) is 4. The number of carbonyl (C=O) groups is 1. The third-order valence-corrected chi connectivity index (χ3v) is 5.71. The molecule has 1 atom stereocenters. The van der Waals surface area contributed by atoms with Gasteiger partial charge in [0.25, 0.3) is 10.0 Å². The lowest BCUT2D eigenvalue weighted by molar-refractivity contribution is 0.235. The van der Waals surface area contributed by atoms with Crippen LogP contribution in [0.5, 0.6) is 0 Å². The van der Waals surface area contributed by atoms with Crippen molar-refractivity contribution >= 4 is 33.3 Å². The number of nitrogens with zero attached hydrogens (tertiary/aromatic N) is 1. The van der Waals surface area contributed by atoms with Crippen LogP contribution in [0.2, 0.25) is 5.02 Å². The number of rotatable bonds is 3. The zero-order chi connectivity index (χ0) is 16.6. The van der Waals surface area contributed by atoms with Crippen molar-refractivity contribution in [2.45, 2.75) is 10.9 Å². The topological polar surface area (TPSA) is 92.5 Å². The van der Waals surface area contributed by atoms with Gasteiger partial charge in [0.05, 0.1) is 28.2 Å². The van der Waals surface area contributed by atoms with Gasteiger partial charge in [-0.3, -0.25) is 0 Å². The first-order valence-corrected chi connectivity index (χ1v) is 8.64. The van der Waals surface area contributed by atoms with Crippen molar-refractivity contribution in [1.29, 1.82) is 0 Å². The highest BCUT2D eigenvalue weighted by molar-refractivity contribution is 7.89. The number of nitrogen functional groups attached to an aromatic ring is 1. The molecule has 8 heteroatoms. The SMILES string of the molecule is Nc1ccc(S(=O)(=O)N2C[C@H](c3ccccc3)NC2=O)cc1Cl. The second-order valence-corrected chi connectivity index (χ2v) is 7.40. The number of benzene rings is 2. The number of carbonyl (C=O) groups excluding carboxylic acids is 1. The van der Waals surface area contributed by atoms with Crippen LogP contribution in [0.25, 0.3) is 0 Å². The largest absolute Gasteiger partial charge is 0.398 e. The van der Waals surface area contributed by atoms with E-state index in [4.69, 9.17) is 17.3 Å². The standard InChI is InChI=1S/C15H14ClN3O3S/c16-12-8-11(6-7-13(12)17)23(21,22)19-9-14(18-15(19)20)10-4-2-1-3-5-10/h1-8,14H,9,17H2,(H,18,20)/t14-/m1/s1. The van der Waals surface area contributed by atoms with E-state index in [9.17, 15) is 13.2 Å². The van der Waals surface area contributed by atoms with Crippen LogP contribution in [-0.2, 0) is 10.0 Å². The fraction of sp³-hybridized carbons (Fsp3) is 0.133. The molecule has 1 fully saturated rings. The average molecular weight is 352 g/mol. The maximum atomic E-state index is 12.7. The first-order chi connectivity index (χ1) is 10.9. The molecule has 0 unspecified atom stereocenters. The Labute approximate surface area is 138 Å². The molecule has 0 spiro atoms. The van der Waals surface area contributed by atoms with Crippen molar-refractivity contribution in [2.75, 3.05) is 12.3 Å². The van der Waals surface area contributed by atoms with Crippen molar-refractivity contribution in [3.63, 3.8) is 0 Å². The molecule has 1 saturated heterocycles. The Morgan fingerprint density at radius 2 is 1.87 bits per heavy atom. The van der Waals surface area contributed by atoms with Crippen molar-refractivity contribution < 1.29 is 13.2 Å². The van der Waals surface area contributed by atoms with Crippen molar-refractivity contribution in [2.24, 2.45) is 0 Å². The number of nitrogens with two attached hydrogens (primary N) is 1. The summed E-state index contributed by atoms with van der Waals surface area (Å²) in [6.45, 7) is 0.0210. The molecule has 23 heavy (non-hydrogen) atoms. The zero-order valence-electron chi connectivity index (χ0n) is 11.9. The summed E-state index contributed by atoms with van der Waals surface area (Å²) in [5.74, 6) is 0. The number of halogens is 1. The lowest BCUT2D eigenvalue weighted by Gasteiger charge is -2.16. The molecular weight excluding hydrogens is 338 g/mol. The van der Waals surface area contributed by atoms with E-state index in [0.29, 0.717) is 0 Å². The summed E-state index contributed by atoms with van der Waals surface area (Å²) in [7, 11) is -3.99. The normalized spacial score (nSPS) is 18.0. The zero-order valence-corrected chi connectivity index (χ0v) is 13.5. The molecule has 0 saturated carbocycles. The molecule has 1 aliphatic heterocycles. The van der Waals surface area contributed by atoms with Gasteiger partial charge >= 0.3 is 6.03 Å². The fourth-order valence-corrected chi connectivity index (χ4v) is 4.02. The Kier molecular flexibility index (Phi) is 3.91. The van der Waals surface area contributed by atoms with Crippen molar-refractivity contribution in [3.05, 3.63) is 59.1 Å². The lowest BCUT2D eigenvalue weighted by atomic mass is 10.1. The van der Waals surface area contributed by atoms with Gasteiger partial charge < -0.3 is 11.1 Å². The Hall–Kier alpha value is -2.25. The Morgan fingerprint density at radius 3 is 2.52 bits per heavy atom. The molecule has 6 nitrogen and oxygen atoms in total. The molecule has 3 N–H and O–H groups in total. The second-order valence-electron chi connectivity index (χ2n) is 5.13. The molecule has 0 aromatic heterocycles. The van der Waals surface area contributed by atoms with Crippen LogP contribution in [0.4, 0.5) is 10.5 Å². The molecule has 1 aliphatic rings. The summed E-state index contributed by atoms with van der Waals surface area (Å²) in [5, 5.41) is 2.80. The lowest BCUT2D eigenvalue weighted by Crippen LogP contribution is -2.34. The predicted molar refractivity (Wildman–Crippen MR) is 87.5 cm³/mol. The van der Waals surface area contributed by atoms with Crippen molar-refractivity contribution in [3.8, 4) is 0 Å². The van der Waals surface area contributed by atoms with Gasteiger partial charge in [0, 0.05) is 0 Å². The summed E-state index contributed by atoms with van der Waals surface area (Å²) in [6.07, 6.45) is 0. The maximum Gasteiger partial charge on any atom is 0.331 e. The molecule has 2 aromatic rings. The molecule has 120 valence electrons. The predicted octanol–water partition coefficient (Wildman–Crippen LogP) is 2.38. The van der Waals surface area contributed by atoms with Crippen LogP contribution in [0.1, 0.15) is 11.6 Å². The Bertz CT molecular complexity index is 856. The number of hydrogen-bond donors (Lipinski definition) is 2. The summed E-state index contributed by atoms with van der Waals surface area (Å²) in [6, 6.07) is 12.1. The number of sulfonamides is 1. The fourth-order valence-electron chi connectivity index (χ4n) is 2.39. The van der Waals surface area contributed by atoms with E-state index in [2.05, 4.69) is 5.32 Å². The van der Waals surface area contributed by atoms with Crippen LogP contribution in [-0.4, -0.2) is 25.3 Å². The van der Waals surface area contributed by atoms with Crippen LogP contribution in [0.15, 0.2) is 53.4 Å². The second kappa shape index (κ2) is 5.75. The highest BCUT2D eigenvalue weighted by Crippen LogP contribution is 2.28.